The molecule has 1 nitrogen and oxygen atoms in total. The number of fused-ring (bicyclic) bond motifs is 1. The van der Waals surface area contributed by atoms with E-state index in [0.29, 0.717) is 4.32 Å². The zero-order valence-corrected chi connectivity index (χ0v) is 13.7. The van der Waals surface area contributed by atoms with Gasteiger partial charge in [0.1, 0.15) is 4.32 Å². The van der Waals surface area contributed by atoms with Crippen molar-refractivity contribution in [3.8, 4) is 0 Å². The molecule has 1 aliphatic rings. The maximum absolute atomic E-state index is 5.08. The van der Waals surface area contributed by atoms with Gasteiger partial charge in [0, 0.05) is 12.2 Å². The van der Waals surface area contributed by atoms with Crippen molar-refractivity contribution in [3.05, 3.63) is 29.8 Å². The van der Waals surface area contributed by atoms with Crippen LogP contribution in [-0.4, -0.2) is 10.9 Å². The fraction of sp³-hybridized carbons (Fsp3) is 0.300. The first-order valence-electron chi connectivity index (χ1n) is 4.37. The summed E-state index contributed by atoms with van der Waals surface area (Å²) in [5, 5.41) is 0. The first kappa shape index (κ1) is 12.5. The third-order valence-corrected chi connectivity index (χ3v) is 2.80. The molecule has 0 radical (unpaired) electrons. The molecule has 0 fully saturated rings. The van der Waals surface area contributed by atoms with Crippen LogP contribution in [0, 0.1) is 0 Å². The number of thiocarbonyl (C=S) groups is 1. The van der Waals surface area contributed by atoms with Gasteiger partial charge in [0.15, 0.2) is 0 Å². The van der Waals surface area contributed by atoms with Gasteiger partial charge in [-0.25, -0.2) is 0 Å². The van der Waals surface area contributed by atoms with E-state index >= 15 is 0 Å². The van der Waals surface area contributed by atoms with E-state index in [0.717, 1.165) is 19.4 Å². The van der Waals surface area contributed by atoms with Crippen molar-refractivity contribution >= 4 is 34.9 Å². The van der Waals surface area contributed by atoms with Gasteiger partial charge in [0.2, 0.25) is 0 Å². The minimum Gasteiger partial charge on any atom is -0.327 e. The van der Waals surface area contributed by atoms with E-state index in [1.807, 2.05) is 6.07 Å². The summed E-state index contributed by atoms with van der Waals surface area (Å²) in [5.41, 5.74) is 2.61. The minimum atomic E-state index is 0. The maximum Gasteiger partial charge on any atom is 2.00 e. The molecule has 0 spiro atoms. The van der Waals surface area contributed by atoms with Crippen molar-refractivity contribution in [2.75, 3.05) is 11.4 Å². The standard InChI is InChI=1S/C10H11NS2.Cd/c12-10(13)11-7-3-5-8-4-1-2-6-9(8)11;/h1-2,4,6H,3,5,7H2,(H,12,13);/q;+2. The molecular weight excluding hydrogens is 311 g/mol. The van der Waals surface area contributed by atoms with Gasteiger partial charge < -0.3 is 4.90 Å². The van der Waals surface area contributed by atoms with Crippen molar-refractivity contribution < 1.29 is 27.3 Å². The summed E-state index contributed by atoms with van der Waals surface area (Å²) >= 11 is 9.30. The van der Waals surface area contributed by atoms with Crippen LogP contribution in [-0.2, 0) is 33.7 Å². The molecule has 1 heterocycles. The molecule has 1 aromatic rings. The van der Waals surface area contributed by atoms with Crippen molar-refractivity contribution in [2.45, 2.75) is 12.8 Å². The van der Waals surface area contributed by atoms with Crippen molar-refractivity contribution in [1.82, 2.24) is 0 Å². The number of nitrogens with zero attached hydrogens (tertiary/aromatic N) is 1. The van der Waals surface area contributed by atoms with Crippen LogP contribution in [0.1, 0.15) is 12.0 Å². The quantitative estimate of drug-likeness (QED) is 0.444. The second-order valence-corrected chi connectivity index (χ2v) is 4.28. The van der Waals surface area contributed by atoms with Crippen molar-refractivity contribution in [1.29, 1.82) is 0 Å². The molecule has 0 N–H and O–H groups in total. The van der Waals surface area contributed by atoms with Gasteiger partial charge >= 0.3 is 27.3 Å². The molecule has 0 saturated heterocycles. The molecule has 2 rings (SSSR count). The van der Waals surface area contributed by atoms with Crippen LogP contribution in [0.4, 0.5) is 5.69 Å². The smallest absolute Gasteiger partial charge is 0.327 e. The molecule has 1 aromatic carbocycles. The fourth-order valence-electron chi connectivity index (χ4n) is 1.73. The van der Waals surface area contributed by atoms with Gasteiger partial charge in [-0.2, -0.15) is 0 Å². The molecule has 14 heavy (non-hydrogen) atoms. The van der Waals surface area contributed by atoms with E-state index in [2.05, 4.69) is 35.7 Å². The molecule has 0 aromatic heterocycles. The number of hydrogen-bond acceptors (Lipinski definition) is 1. The Morgan fingerprint density at radius 1 is 1.36 bits per heavy atom. The molecule has 0 unspecified atom stereocenters. The molecule has 0 amide bonds. The van der Waals surface area contributed by atoms with Gasteiger partial charge in [-0.05, 0) is 24.5 Å². The Morgan fingerprint density at radius 2 is 2.07 bits per heavy atom. The fourth-order valence-corrected chi connectivity index (χ4v) is 2.13. The Balaban J connectivity index is 0.000000980. The first-order valence-corrected chi connectivity index (χ1v) is 5.23. The van der Waals surface area contributed by atoms with Crippen molar-refractivity contribution in [3.63, 3.8) is 0 Å². The topological polar surface area (TPSA) is 3.24 Å². The first-order chi connectivity index (χ1) is 6.29. The Kier molecular flexibility index (Phi) is 4.86. The molecule has 0 atom stereocenters. The molecular formula is C10H11CdNS2+2. The number of para-hydroxylation sites is 1. The number of aryl methyl sites for hydroxylation is 1. The van der Waals surface area contributed by atoms with Gasteiger partial charge in [0.05, 0.1) is 0 Å². The van der Waals surface area contributed by atoms with Gasteiger partial charge in [-0.15, -0.1) is 12.6 Å². The van der Waals surface area contributed by atoms with Crippen molar-refractivity contribution in [2.24, 2.45) is 0 Å². The van der Waals surface area contributed by atoms with Crippen LogP contribution in [0.3, 0.4) is 0 Å². The Morgan fingerprint density at radius 3 is 2.79 bits per heavy atom. The molecule has 0 bridgehead atoms. The second-order valence-electron chi connectivity index (χ2n) is 3.17. The third kappa shape index (κ3) is 2.49. The van der Waals surface area contributed by atoms with Crippen LogP contribution in [0.25, 0.3) is 0 Å². The summed E-state index contributed by atoms with van der Waals surface area (Å²) < 4.78 is 0.673. The zero-order chi connectivity index (χ0) is 9.26. The maximum atomic E-state index is 5.08. The monoisotopic (exact) mass is 323 g/mol. The Labute approximate surface area is 115 Å². The summed E-state index contributed by atoms with van der Waals surface area (Å²) in [7, 11) is 0. The SMILES string of the molecule is S=C(S)N1CCCc2ccccc21.[Cd+2]. The number of rotatable bonds is 0. The van der Waals surface area contributed by atoms with Gasteiger partial charge in [0.25, 0.3) is 0 Å². The summed E-state index contributed by atoms with van der Waals surface area (Å²) in [6.45, 7) is 0.999. The normalized spacial score (nSPS) is 14.2. The Bertz CT molecular complexity index is 341. The van der Waals surface area contributed by atoms with Gasteiger partial charge in [-0.1, -0.05) is 30.4 Å². The largest absolute Gasteiger partial charge is 2.00 e. The van der Waals surface area contributed by atoms with E-state index in [1.165, 1.54) is 11.3 Å². The van der Waals surface area contributed by atoms with E-state index < -0.39 is 0 Å². The summed E-state index contributed by atoms with van der Waals surface area (Å²) in [5.74, 6) is 0. The summed E-state index contributed by atoms with van der Waals surface area (Å²) in [6.07, 6.45) is 2.32. The predicted molar refractivity (Wildman–Crippen MR) is 63.7 cm³/mol. The molecule has 0 saturated carbocycles. The van der Waals surface area contributed by atoms with E-state index in [4.69, 9.17) is 12.2 Å². The summed E-state index contributed by atoms with van der Waals surface area (Å²) in [6, 6.07) is 8.39. The van der Waals surface area contributed by atoms with E-state index in [-0.39, 0.29) is 27.3 Å². The molecule has 68 valence electrons. The zero-order valence-electron chi connectivity index (χ0n) is 7.94. The van der Waals surface area contributed by atoms with Crippen LogP contribution in [0.2, 0.25) is 0 Å². The van der Waals surface area contributed by atoms with Crippen LogP contribution in [0.5, 0.6) is 0 Å². The van der Waals surface area contributed by atoms with E-state index in [1.54, 1.807) is 0 Å². The number of benzene rings is 1. The number of hydrogen-bond donors (Lipinski definition) is 1. The molecule has 0 aliphatic carbocycles. The second kappa shape index (κ2) is 5.46. The van der Waals surface area contributed by atoms with Gasteiger partial charge in [-0.3, -0.25) is 0 Å². The average molecular weight is 322 g/mol. The third-order valence-electron chi connectivity index (χ3n) is 2.34. The number of thiol groups is 1. The van der Waals surface area contributed by atoms with Crippen LogP contribution in [0.15, 0.2) is 24.3 Å². The average Bonchev–Trinajstić information content (AvgIpc) is 2.17. The predicted octanol–water partition coefficient (Wildman–Crippen LogP) is 2.65. The van der Waals surface area contributed by atoms with Crippen LogP contribution >= 0.6 is 24.8 Å². The van der Waals surface area contributed by atoms with E-state index in [9.17, 15) is 0 Å². The van der Waals surface area contributed by atoms with Crippen LogP contribution < -0.4 is 4.90 Å². The molecule has 4 heteroatoms. The molecule has 1 aliphatic heterocycles. The number of anilines is 1. The summed E-state index contributed by atoms with van der Waals surface area (Å²) in [4.78, 5) is 2.09. The Hall–Kier alpha value is 0.382. The minimum absolute atomic E-state index is 0.